The van der Waals surface area contributed by atoms with Crippen LogP contribution in [0.4, 0.5) is 0 Å². The molecular formula is C17H33N. The molecule has 3 atom stereocenters. The third-order valence-electron chi connectivity index (χ3n) is 5.66. The predicted octanol–water partition coefficient (Wildman–Crippen LogP) is 4.62. The molecule has 3 unspecified atom stereocenters. The highest BCUT2D eigenvalue weighted by atomic mass is 14.9. The molecular weight excluding hydrogens is 218 g/mol. The van der Waals surface area contributed by atoms with Crippen LogP contribution in [0.15, 0.2) is 0 Å². The molecule has 0 aromatic rings. The highest BCUT2D eigenvalue weighted by Crippen LogP contribution is 2.37. The standard InChI is InChI=1S/C17H33N/c1-3-15(16-8-5-4-6-9-16)12-14(2)17-10-7-11-18-13-17/h14-18H,3-13H2,1-2H3. The Hall–Kier alpha value is -0.0400. The number of hydrogen-bond donors (Lipinski definition) is 1. The molecule has 1 saturated carbocycles. The highest BCUT2D eigenvalue weighted by molar-refractivity contribution is 4.79. The average Bonchev–Trinajstić information content (AvgIpc) is 2.46. The van der Waals surface area contributed by atoms with Gasteiger partial charge in [0.25, 0.3) is 0 Å². The molecule has 1 aliphatic carbocycles. The fraction of sp³-hybridized carbons (Fsp3) is 1.00. The molecule has 0 aromatic heterocycles. The van der Waals surface area contributed by atoms with E-state index < -0.39 is 0 Å². The topological polar surface area (TPSA) is 12.0 Å². The van der Waals surface area contributed by atoms with E-state index in [4.69, 9.17) is 0 Å². The maximum atomic E-state index is 3.59. The van der Waals surface area contributed by atoms with Gasteiger partial charge >= 0.3 is 0 Å². The summed E-state index contributed by atoms with van der Waals surface area (Å²) in [5.41, 5.74) is 0. The van der Waals surface area contributed by atoms with Crippen LogP contribution in [0.25, 0.3) is 0 Å². The minimum atomic E-state index is 0.935. The van der Waals surface area contributed by atoms with Gasteiger partial charge in [-0.3, -0.25) is 0 Å². The third-order valence-corrected chi connectivity index (χ3v) is 5.66. The van der Waals surface area contributed by atoms with Crippen molar-refractivity contribution in [1.29, 1.82) is 0 Å². The van der Waals surface area contributed by atoms with E-state index in [2.05, 4.69) is 19.2 Å². The second kappa shape index (κ2) is 7.53. The first kappa shape index (κ1) is 14.4. The molecule has 2 aliphatic rings. The van der Waals surface area contributed by atoms with Crippen LogP contribution in [-0.2, 0) is 0 Å². The summed E-state index contributed by atoms with van der Waals surface area (Å²) in [4.78, 5) is 0. The van der Waals surface area contributed by atoms with E-state index >= 15 is 0 Å². The number of rotatable bonds is 5. The molecule has 1 heteroatoms. The van der Waals surface area contributed by atoms with Crippen molar-refractivity contribution in [2.45, 2.75) is 71.6 Å². The predicted molar refractivity (Wildman–Crippen MR) is 79.7 cm³/mol. The maximum Gasteiger partial charge on any atom is -0.00180 e. The molecule has 0 spiro atoms. The van der Waals surface area contributed by atoms with Crippen molar-refractivity contribution in [3.05, 3.63) is 0 Å². The zero-order valence-corrected chi connectivity index (χ0v) is 12.6. The summed E-state index contributed by atoms with van der Waals surface area (Å²) in [5.74, 6) is 3.96. The lowest BCUT2D eigenvalue weighted by Gasteiger charge is -2.35. The molecule has 0 aromatic carbocycles. The molecule has 1 N–H and O–H groups in total. The van der Waals surface area contributed by atoms with Gasteiger partial charge in [0.1, 0.15) is 0 Å². The lowest BCUT2D eigenvalue weighted by atomic mass is 9.72. The van der Waals surface area contributed by atoms with Crippen molar-refractivity contribution in [1.82, 2.24) is 5.32 Å². The van der Waals surface area contributed by atoms with Gasteiger partial charge in [-0.1, -0.05) is 52.4 Å². The highest BCUT2D eigenvalue weighted by Gasteiger charge is 2.27. The Balaban J connectivity index is 1.80. The Labute approximate surface area is 114 Å². The maximum absolute atomic E-state index is 3.59. The van der Waals surface area contributed by atoms with Crippen LogP contribution in [0.1, 0.15) is 71.6 Å². The number of hydrogen-bond acceptors (Lipinski definition) is 1. The Morgan fingerprint density at radius 3 is 2.33 bits per heavy atom. The van der Waals surface area contributed by atoms with Crippen molar-refractivity contribution < 1.29 is 0 Å². The summed E-state index contributed by atoms with van der Waals surface area (Å²) >= 11 is 0. The zero-order chi connectivity index (χ0) is 12.8. The first-order valence-corrected chi connectivity index (χ1v) is 8.52. The summed E-state index contributed by atoms with van der Waals surface area (Å²) in [6.45, 7) is 7.47. The lowest BCUT2D eigenvalue weighted by molar-refractivity contribution is 0.171. The van der Waals surface area contributed by atoms with Crippen LogP contribution in [0.3, 0.4) is 0 Å². The lowest BCUT2D eigenvalue weighted by Crippen LogP contribution is -2.34. The summed E-state index contributed by atoms with van der Waals surface area (Å²) in [5, 5.41) is 3.59. The van der Waals surface area contributed by atoms with Crippen molar-refractivity contribution >= 4 is 0 Å². The van der Waals surface area contributed by atoms with Gasteiger partial charge in [-0.2, -0.15) is 0 Å². The van der Waals surface area contributed by atoms with E-state index in [0.717, 1.165) is 23.7 Å². The minimum Gasteiger partial charge on any atom is -0.316 e. The largest absolute Gasteiger partial charge is 0.316 e. The normalized spacial score (nSPS) is 30.0. The van der Waals surface area contributed by atoms with Crippen LogP contribution in [0.2, 0.25) is 0 Å². The van der Waals surface area contributed by atoms with E-state index in [1.807, 2.05) is 0 Å². The molecule has 0 amide bonds. The Bertz CT molecular complexity index is 214. The fourth-order valence-corrected chi connectivity index (χ4v) is 4.33. The van der Waals surface area contributed by atoms with Crippen LogP contribution in [-0.4, -0.2) is 13.1 Å². The number of nitrogens with one attached hydrogen (secondary N) is 1. The first-order valence-electron chi connectivity index (χ1n) is 8.52. The summed E-state index contributed by atoms with van der Waals surface area (Å²) in [6.07, 6.45) is 13.3. The smallest absolute Gasteiger partial charge is 0.00180 e. The third kappa shape index (κ3) is 3.98. The SMILES string of the molecule is CCC(CC(C)C1CCCNC1)C1CCCCC1. The van der Waals surface area contributed by atoms with E-state index in [1.54, 1.807) is 0 Å². The number of piperidine rings is 1. The quantitative estimate of drug-likeness (QED) is 0.752. The molecule has 0 radical (unpaired) electrons. The second-order valence-electron chi connectivity index (χ2n) is 6.89. The minimum absolute atomic E-state index is 0.935. The fourth-order valence-electron chi connectivity index (χ4n) is 4.33. The molecule has 18 heavy (non-hydrogen) atoms. The summed E-state index contributed by atoms with van der Waals surface area (Å²) in [6, 6.07) is 0. The van der Waals surface area contributed by atoms with Crippen molar-refractivity contribution in [3.8, 4) is 0 Å². The van der Waals surface area contributed by atoms with E-state index in [9.17, 15) is 0 Å². The van der Waals surface area contributed by atoms with Crippen LogP contribution < -0.4 is 5.32 Å². The molecule has 0 bridgehead atoms. The van der Waals surface area contributed by atoms with Gasteiger partial charge in [-0.15, -0.1) is 0 Å². The van der Waals surface area contributed by atoms with Gasteiger partial charge in [0.15, 0.2) is 0 Å². The average molecular weight is 251 g/mol. The van der Waals surface area contributed by atoms with E-state index in [-0.39, 0.29) is 0 Å². The van der Waals surface area contributed by atoms with Gasteiger partial charge in [0.2, 0.25) is 0 Å². The van der Waals surface area contributed by atoms with E-state index in [1.165, 1.54) is 70.9 Å². The Morgan fingerprint density at radius 2 is 1.72 bits per heavy atom. The van der Waals surface area contributed by atoms with Gasteiger partial charge in [-0.25, -0.2) is 0 Å². The molecule has 1 heterocycles. The Kier molecular flexibility index (Phi) is 6.01. The molecule has 1 saturated heterocycles. The van der Waals surface area contributed by atoms with Crippen LogP contribution >= 0.6 is 0 Å². The van der Waals surface area contributed by atoms with Crippen LogP contribution in [0, 0.1) is 23.7 Å². The van der Waals surface area contributed by atoms with Gasteiger partial charge < -0.3 is 5.32 Å². The van der Waals surface area contributed by atoms with Crippen molar-refractivity contribution in [2.24, 2.45) is 23.7 Å². The molecule has 1 aliphatic heterocycles. The molecule has 106 valence electrons. The Morgan fingerprint density at radius 1 is 1.00 bits per heavy atom. The summed E-state index contributed by atoms with van der Waals surface area (Å²) in [7, 11) is 0. The molecule has 2 fully saturated rings. The first-order chi connectivity index (χ1) is 8.81. The van der Waals surface area contributed by atoms with E-state index in [0.29, 0.717) is 0 Å². The molecule has 2 rings (SSSR count). The van der Waals surface area contributed by atoms with Gasteiger partial charge in [0, 0.05) is 0 Å². The van der Waals surface area contributed by atoms with Crippen molar-refractivity contribution in [2.75, 3.05) is 13.1 Å². The monoisotopic (exact) mass is 251 g/mol. The second-order valence-corrected chi connectivity index (χ2v) is 6.89. The van der Waals surface area contributed by atoms with Crippen LogP contribution in [0.5, 0.6) is 0 Å². The zero-order valence-electron chi connectivity index (χ0n) is 12.6. The van der Waals surface area contributed by atoms with Crippen molar-refractivity contribution in [3.63, 3.8) is 0 Å². The van der Waals surface area contributed by atoms with Gasteiger partial charge in [0.05, 0.1) is 0 Å². The van der Waals surface area contributed by atoms with Gasteiger partial charge in [-0.05, 0) is 56.0 Å². The molecule has 1 nitrogen and oxygen atoms in total. The summed E-state index contributed by atoms with van der Waals surface area (Å²) < 4.78 is 0.